The molecule has 0 aromatic rings. The summed E-state index contributed by atoms with van der Waals surface area (Å²) in [5.41, 5.74) is 0. The van der Waals surface area contributed by atoms with Crippen LogP contribution in [-0.2, 0) is 65.4 Å². The number of carbonyl (C=O) groups is 4. The molecule has 0 saturated carbocycles. The lowest BCUT2D eigenvalue weighted by atomic mass is 10.00. The molecule has 0 heterocycles. The molecule has 84 heavy (non-hydrogen) atoms. The zero-order valence-corrected chi connectivity index (χ0v) is 56.0. The zero-order valence-electron chi connectivity index (χ0n) is 54.2. The Kier molecular flexibility index (Phi) is 56.2. The van der Waals surface area contributed by atoms with Gasteiger partial charge in [0, 0.05) is 25.7 Å². The van der Waals surface area contributed by atoms with Gasteiger partial charge >= 0.3 is 39.5 Å². The SMILES string of the molecule is CCCCCCCCCCC(=O)O[C@H](COC(=O)CCCCCCC)COP(=O)(O)OC[C@H](O)COP(=O)(O)OC[C@@H](COC(=O)CCCCCCCCC(C)CC)OC(=O)CCCCCCCCCCCCCCCCCCCCC(C)C. The Labute approximate surface area is 511 Å². The third-order valence-corrected chi connectivity index (χ3v) is 17.2. The van der Waals surface area contributed by atoms with Gasteiger partial charge in [-0.05, 0) is 37.5 Å². The van der Waals surface area contributed by atoms with Gasteiger partial charge in [-0.25, -0.2) is 9.13 Å². The Morgan fingerprint density at radius 3 is 0.905 bits per heavy atom. The van der Waals surface area contributed by atoms with E-state index in [1.165, 1.54) is 122 Å². The number of carbonyl (C=O) groups excluding carboxylic acids is 4. The lowest BCUT2D eigenvalue weighted by Crippen LogP contribution is -2.30. The van der Waals surface area contributed by atoms with Crippen molar-refractivity contribution >= 4 is 39.5 Å². The van der Waals surface area contributed by atoms with Crippen molar-refractivity contribution in [2.75, 3.05) is 39.6 Å². The Morgan fingerprint density at radius 1 is 0.345 bits per heavy atom. The number of phosphoric ester groups is 2. The summed E-state index contributed by atoms with van der Waals surface area (Å²) < 4.78 is 67.7. The molecule has 0 amide bonds. The molecule has 6 atom stereocenters. The smallest absolute Gasteiger partial charge is 0.462 e. The van der Waals surface area contributed by atoms with E-state index in [0.29, 0.717) is 25.7 Å². The van der Waals surface area contributed by atoms with E-state index in [9.17, 15) is 43.2 Å². The number of ether oxygens (including phenoxy) is 4. The van der Waals surface area contributed by atoms with Gasteiger partial charge in [0.05, 0.1) is 26.4 Å². The van der Waals surface area contributed by atoms with Gasteiger partial charge in [0.1, 0.15) is 19.3 Å². The number of esters is 4. The number of aliphatic hydroxyl groups excluding tert-OH is 1. The number of phosphoric acid groups is 2. The second-order valence-electron chi connectivity index (χ2n) is 24.2. The van der Waals surface area contributed by atoms with Crippen molar-refractivity contribution in [3.8, 4) is 0 Å². The normalized spacial score (nSPS) is 14.6. The van der Waals surface area contributed by atoms with Gasteiger partial charge in [-0.1, -0.05) is 273 Å². The average Bonchev–Trinajstić information content (AvgIpc) is 3.65. The van der Waals surface area contributed by atoms with Crippen LogP contribution in [0.25, 0.3) is 0 Å². The minimum atomic E-state index is -4.94. The van der Waals surface area contributed by atoms with E-state index >= 15 is 0 Å². The van der Waals surface area contributed by atoms with Crippen LogP contribution in [0.1, 0.15) is 324 Å². The predicted octanol–water partition coefficient (Wildman–Crippen LogP) is 18.0. The first kappa shape index (κ1) is 82.1. The van der Waals surface area contributed by atoms with Gasteiger partial charge in [0.15, 0.2) is 12.2 Å². The van der Waals surface area contributed by atoms with E-state index in [0.717, 1.165) is 121 Å². The first-order valence-electron chi connectivity index (χ1n) is 34.0. The molecular weight excluding hydrogens is 1110 g/mol. The van der Waals surface area contributed by atoms with Crippen LogP contribution >= 0.6 is 15.6 Å². The van der Waals surface area contributed by atoms with Gasteiger partial charge < -0.3 is 33.8 Å². The van der Waals surface area contributed by atoms with Crippen molar-refractivity contribution in [2.24, 2.45) is 11.8 Å². The number of hydrogen-bond acceptors (Lipinski definition) is 15. The van der Waals surface area contributed by atoms with Crippen LogP contribution in [0, 0.1) is 11.8 Å². The van der Waals surface area contributed by atoms with Crippen molar-refractivity contribution in [3.63, 3.8) is 0 Å². The minimum absolute atomic E-state index is 0.104. The van der Waals surface area contributed by atoms with Crippen LogP contribution in [0.5, 0.6) is 0 Å². The van der Waals surface area contributed by atoms with E-state index in [2.05, 4.69) is 41.5 Å². The van der Waals surface area contributed by atoms with Gasteiger partial charge in [-0.15, -0.1) is 0 Å². The molecule has 0 radical (unpaired) electrons. The van der Waals surface area contributed by atoms with E-state index in [1.54, 1.807) is 0 Å². The minimum Gasteiger partial charge on any atom is -0.462 e. The van der Waals surface area contributed by atoms with Gasteiger partial charge in [0.2, 0.25) is 0 Å². The second-order valence-corrected chi connectivity index (χ2v) is 27.1. The van der Waals surface area contributed by atoms with Crippen LogP contribution in [0.15, 0.2) is 0 Å². The Morgan fingerprint density at radius 2 is 0.607 bits per heavy atom. The van der Waals surface area contributed by atoms with Gasteiger partial charge in [-0.3, -0.25) is 37.3 Å². The van der Waals surface area contributed by atoms with Crippen LogP contribution in [0.3, 0.4) is 0 Å². The third kappa shape index (κ3) is 57.8. The first-order chi connectivity index (χ1) is 40.4. The summed E-state index contributed by atoms with van der Waals surface area (Å²) >= 11 is 0. The summed E-state index contributed by atoms with van der Waals surface area (Å²) in [6, 6.07) is 0. The summed E-state index contributed by atoms with van der Waals surface area (Å²) in [5.74, 6) is -0.597. The molecule has 0 aliphatic carbocycles. The maximum absolute atomic E-state index is 13.0. The van der Waals surface area contributed by atoms with E-state index in [-0.39, 0.29) is 25.7 Å². The molecule has 0 rings (SSSR count). The van der Waals surface area contributed by atoms with Crippen molar-refractivity contribution in [1.82, 2.24) is 0 Å². The fourth-order valence-electron chi connectivity index (χ4n) is 9.68. The molecule has 0 spiro atoms. The standard InChI is InChI=1S/C65H126O17P2/c1-7-10-12-14-15-29-37-43-49-64(69)81-60(53-75-62(67)47-41-33-13-11-8-2)55-79-83(71,72)77-51-59(66)52-78-84(73,74)80-56-61(54-76-63(68)48-42-36-32-31-35-40-46-58(6)9-3)82-65(70)50-44-38-30-27-25-23-21-19-17-16-18-20-22-24-26-28-34-39-45-57(4)5/h57-61,66H,7-56H2,1-6H3,(H,71,72)(H,73,74)/t58?,59-,60+,61+/m0/s1. The fraction of sp³-hybridized carbons (Fsp3) is 0.938. The molecule has 0 aliphatic heterocycles. The molecule has 498 valence electrons. The molecule has 0 fully saturated rings. The molecule has 0 aromatic carbocycles. The molecule has 0 aliphatic rings. The Balaban J connectivity index is 5.06. The quantitative estimate of drug-likeness (QED) is 0.0222. The number of aliphatic hydroxyl groups is 1. The molecular formula is C65H126O17P2. The van der Waals surface area contributed by atoms with E-state index in [1.807, 2.05) is 0 Å². The lowest BCUT2D eigenvalue weighted by molar-refractivity contribution is -0.161. The molecule has 0 aromatic heterocycles. The summed E-state index contributed by atoms with van der Waals surface area (Å²) in [5, 5.41) is 10.5. The molecule has 3 unspecified atom stereocenters. The summed E-state index contributed by atoms with van der Waals surface area (Å²) in [7, 11) is -9.87. The molecule has 19 heteroatoms. The summed E-state index contributed by atoms with van der Waals surface area (Å²) in [6.07, 6.45) is 41.0. The third-order valence-electron chi connectivity index (χ3n) is 15.3. The lowest BCUT2D eigenvalue weighted by Gasteiger charge is -2.21. The molecule has 3 N–H and O–H groups in total. The van der Waals surface area contributed by atoms with E-state index < -0.39 is 97.5 Å². The Hall–Kier alpha value is -1.94. The maximum Gasteiger partial charge on any atom is 0.472 e. The summed E-state index contributed by atoms with van der Waals surface area (Å²) in [4.78, 5) is 71.9. The van der Waals surface area contributed by atoms with Crippen molar-refractivity contribution in [1.29, 1.82) is 0 Å². The molecule has 17 nitrogen and oxygen atoms in total. The molecule has 0 saturated heterocycles. The summed E-state index contributed by atoms with van der Waals surface area (Å²) in [6.45, 7) is 9.38. The van der Waals surface area contributed by atoms with Crippen LogP contribution in [0.4, 0.5) is 0 Å². The van der Waals surface area contributed by atoms with Gasteiger partial charge in [-0.2, -0.15) is 0 Å². The average molecular weight is 1240 g/mol. The Bertz CT molecular complexity index is 1650. The highest BCUT2D eigenvalue weighted by molar-refractivity contribution is 7.47. The van der Waals surface area contributed by atoms with Crippen LogP contribution < -0.4 is 0 Å². The van der Waals surface area contributed by atoms with E-state index in [4.69, 9.17) is 37.0 Å². The monoisotopic (exact) mass is 1240 g/mol. The predicted molar refractivity (Wildman–Crippen MR) is 335 cm³/mol. The molecule has 0 bridgehead atoms. The number of unbranched alkanes of at least 4 members (excludes halogenated alkanes) is 33. The fourth-order valence-corrected chi connectivity index (χ4v) is 11.3. The van der Waals surface area contributed by atoms with Gasteiger partial charge in [0.25, 0.3) is 0 Å². The number of hydrogen-bond donors (Lipinski definition) is 3. The van der Waals surface area contributed by atoms with Crippen LogP contribution in [-0.4, -0.2) is 96.7 Å². The zero-order chi connectivity index (χ0) is 62.2. The number of rotatable bonds is 64. The van der Waals surface area contributed by atoms with Crippen molar-refractivity contribution in [3.05, 3.63) is 0 Å². The highest BCUT2D eigenvalue weighted by Crippen LogP contribution is 2.45. The van der Waals surface area contributed by atoms with Crippen molar-refractivity contribution in [2.45, 2.75) is 342 Å². The topological polar surface area (TPSA) is 237 Å². The largest absolute Gasteiger partial charge is 0.472 e. The first-order valence-corrected chi connectivity index (χ1v) is 37.0. The van der Waals surface area contributed by atoms with Crippen molar-refractivity contribution < 1.29 is 80.2 Å². The highest BCUT2D eigenvalue weighted by Gasteiger charge is 2.30. The highest BCUT2D eigenvalue weighted by atomic mass is 31.2. The van der Waals surface area contributed by atoms with Crippen LogP contribution in [0.2, 0.25) is 0 Å². The second kappa shape index (κ2) is 57.5. The maximum atomic E-state index is 13.0.